The van der Waals surface area contributed by atoms with Gasteiger partial charge in [-0.3, -0.25) is 4.18 Å². The largest absolute Gasteiger partial charge is 0.458 e. The van der Waals surface area contributed by atoms with Crippen LogP contribution in [0.25, 0.3) is 0 Å². The predicted molar refractivity (Wildman–Crippen MR) is 108 cm³/mol. The lowest BCUT2D eigenvalue weighted by Crippen LogP contribution is -2.27. The lowest BCUT2D eigenvalue weighted by atomic mass is 10.2. The first-order valence-corrected chi connectivity index (χ1v) is 11.1. The normalized spacial score (nSPS) is 12.1. The molecule has 0 aromatic heterocycles. The summed E-state index contributed by atoms with van der Waals surface area (Å²) in [7, 11) is -3.59. The minimum atomic E-state index is -3.59. The van der Waals surface area contributed by atoms with Gasteiger partial charge in [0.2, 0.25) is 0 Å². The molecule has 0 amide bonds. The van der Waals surface area contributed by atoms with E-state index in [1.54, 1.807) is 45.0 Å². The molecule has 0 unspecified atom stereocenters. The first-order valence-electron chi connectivity index (χ1n) is 9.54. The molecule has 0 bridgehead atoms. The second kappa shape index (κ2) is 13.7. The third-order valence-corrected chi connectivity index (χ3v) is 4.48. The van der Waals surface area contributed by atoms with Crippen molar-refractivity contribution in [3.05, 3.63) is 35.9 Å². The van der Waals surface area contributed by atoms with E-state index in [9.17, 15) is 13.2 Å². The van der Waals surface area contributed by atoms with Crippen molar-refractivity contribution in [3.8, 4) is 0 Å². The van der Waals surface area contributed by atoms with Gasteiger partial charge in [-0.15, -0.1) is 0 Å². The average Bonchev–Trinajstić information content (AvgIpc) is 2.61. The fourth-order valence-electron chi connectivity index (χ4n) is 2.13. The molecule has 0 fully saturated rings. The number of hydrogen-bond donors (Lipinski definition) is 0. The molecule has 1 rings (SSSR count). The average molecular weight is 433 g/mol. The molecule has 0 radical (unpaired) electrons. The second-order valence-electron chi connectivity index (χ2n) is 7.23. The van der Waals surface area contributed by atoms with Crippen LogP contribution in [0.5, 0.6) is 0 Å². The molecule has 0 aliphatic carbocycles. The Morgan fingerprint density at radius 1 is 0.862 bits per heavy atom. The summed E-state index contributed by atoms with van der Waals surface area (Å²) in [6.45, 7) is 7.11. The van der Waals surface area contributed by atoms with Gasteiger partial charge in [-0.2, -0.15) is 8.42 Å². The van der Waals surface area contributed by atoms with E-state index in [-0.39, 0.29) is 25.6 Å². The van der Waals surface area contributed by atoms with Crippen molar-refractivity contribution in [2.24, 2.45) is 0 Å². The van der Waals surface area contributed by atoms with Gasteiger partial charge in [0.05, 0.1) is 33.0 Å². The number of carbonyl (C=O) groups is 1. The van der Waals surface area contributed by atoms with Crippen LogP contribution in [-0.2, 0) is 43.8 Å². The second-order valence-corrected chi connectivity index (χ2v) is 8.87. The highest BCUT2D eigenvalue weighted by Crippen LogP contribution is 2.08. The van der Waals surface area contributed by atoms with Crippen molar-refractivity contribution < 1.29 is 36.3 Å². The number of ether oxygens (including phenoxy) is 4. The monoisotopic (exact) mass is 432 g/mol. The molecule has 0 atom stereocenters. The molecule has 1 aromatic rings. The van der Waals surface area contributed by atoms with Gasteiger partial charge in [0.1, 0.15) is 18.0 Å². The van der Waals surface area contributed by atoms with Gasteiger partial charge in [0.25, 0.3) is 10.1 Å². The van der Waals surface area contributed by atoms with Crippen molar-refractivity contribution in [2.75, 3.05) is 46.2 Å². The van der Waals surface area contributed by atoms with Gasteiger partial charge in [-0.1, -0.05) is 30.3 Å². The van der Waals surface area contributed by atoms with E-state index in [1.165, 1.54) is 0 Å². The zero-order chi connectivity index (χ0) is 21.6. The fourth-order valence-corrected chi connectivity index (χ4v) is 3.19. The SMILES string of the molecule is CC(C)(C)OC(=O)COCCOCCOCCCOS(=O)(=O)Cc1ccccc1. The van der Waals surface area contributed by atoms with Crippen LogP contribution in [0.3, 0.4) is 0 Å². The number of benzene rings is 1. The molecule has 0 N–H and O–H groups in total. The Labute approximate surface area is 173 Å². The van der Waals surface area contributed by atoms with Crippen LogP contribution in [0.2, 0.25) is 0 Å². The Bertz CT molecular complexity index is 667. The molecule has 0 aliphatic rings. The maximum Gasteiger partial charge on any atom is 0.332 e. The quantitative estimate of drug-likeness (QED) is 0.237. The van der Waals surface area contributed by atoms with Gasteiger partial charge >= 0.3 is 5.97 Å². The summed E-state index contributed by atoms with van der Waals surface area (Å²) < 4.78 is 49.6. The summed E-state index contributed by atoms with van der Waals surface area (Å²) in [4.78, 5) is 11.4. The Hall–Kier alpha value is -1.52. The number of rotatable bonds is 15. The molecule has 0 aliphatic heterocycles. The molecule has 0 saturated heterocycles. The maximum atomic E-state index is 11.8. The van der Waals surface area contributed by atoms with E-state index in [4.69, 9.17) is 23.1 Å². The van der Waals surface area contributed by atoms with E-state index in [2.05, 4.69) is 0 Å². The Morgan fingerprint density at radius 2 is 1.45 bits per heavy atom. The topological polar surface area (TPSA) is 97.4 Å². The number of esters is 1. The van der Waals surface area contributed by atoms with Crippen molar-refractivity contribution in [1.82, 2.24) is 0 Å². The standard InChI is InChI=1S/C20H32O8S/c1-20(2,3)28-19(21)16-26-15-14-25-13-12-24-10-7-11-27-29(22,23)17-18-8-5-4-6-9-18/h4-6,8-9H,7,10-17H2,1-3H3. The van der Waals surface area contributed by atoms with Crippen LogP contribution >= 0.6 is 0 Å². The number of carbonyl (C=O) groups excluding carboxylic acids is 1. The summed E-state index contributed by atoms with van der Waals surface area (Å²) in [5, 5.41) is 0. The molecular weight excluding hydrogens is 400 g/mol. The highest BCUT2D eigenvalue weighted by atomic mass is 32.2. The lowest BCUT2D eigenvalue weighted by Gasteiger charge is -2.19. The summed E-state index contributed by atoms with van der Waals surface area (Å²) >= 11 is 0. The fraction of sp³-hybridized carbons (Fsp3) is 0.650. The summed E-state index contributed by atoms with van der Waals surface area (Å²) in [6, 6.07) is 8.89. The summed E-state index contributed by atoms with van der Waals surface area (Å²) in [6.07, 6.45) is 0.465. The van der Waals surface area contributed by atoms with Crippen molar-refractivity contribution in [3.63, 3.8) is 0 Å². The molecule has 0 spiro atoms. The number of hydrogen-bond acceptors (Lipinski definition) is 8. The van der Waals surface area contributed by atoms with E-state index >= 15 is 0 Å². The van der Waals surface area contributed by atoms with Crippen LogP contribution in [0.4, 0.5) is 0 Å². The van der Waals surface area contributed by atoms with Crippen molar-refractivity contribution >= 4 is 16.1 Å². The first-order chi connectivity index (χ1) is 13.7. The maximum absolute atomic E-state index is 11.8. The highest BCUT2D eigenvalue weighted by Gasteiger charge is 2.16. The minimum Gasteiger partial charge on any atom is -0.458 e. The van der Waals surface area contributed by atoms with Crippen molar-refractivity contribution in [1.29, 1.82) is 0 Å². The highest BCUT2D eigenvalue weighted by molar-refractivity contribution is 7.85. The Balaban J connectivity index is 1.92. The van der Waals surface area contributed by atoms with E-state index < -0.39 is 21.7 Å². The molecule has 0 saturated carbocycles. The molecule has 9 heteroatoms. The Morgan fingerprint density at radius 3 is 2.07 bits per heavy atom. The van der Waals surface area contributed by atoms with Gasteiger partial charge < -0.3 is 18.9 Å². The minimum absolute atomic E-state index is 0.0779. The molecular formula is C20H32O8S. The lowest BCUT2D eigenvalue weighted by molar-refractivity contribution is -0.160. The van der Waals surface area contributed by atoms with Gasteiger partial charge in [-0.05, 0) is 32.8 Å². The van der Waals surface area contributed by atoms with E-state index in [1.807, 2.05) is 6.07 Å². The molecule has 166 valence electrons. The van der Waals surface area contributed by atoms with Crippen LogP contribution in [-0.4, -0.2) is 66.2 Å². The first kappa shape index (κ1) is 25.5. The van der Waals surface area contributed by atoms with Crippen LogP contribution < -0.4 is 0 Å². The van der Waals surface area contributed by atoms with E-state index in [0.717, 1.165) is 0 Å². The molecule has 29 heavy (non-hydrogen) atoms. The third-order valence-electron chi connectivity index (χ3n) is 3.27. The smallest absolute Gasteiger partial charge is 0.332 e. The summed E-state index contributed by atoms with van der Waals surface area (Å²) in [5.74, 6) is -0.549. The third kappa shape index (κ3) is 15.0. The van der Waals surface area contributed by atoms with Crippen LogP contribution in [0.15, 0.2) is 30.3 Å². The predicted octanol–water partition coefficient (Wildman–Crippen LogP) is 2.31. The zero-order valence-corrected chi connectivity index (χ0v) is 18.2. The zero-order valence-electron chi connectivity index (χ0n) is 17.4. The van der Waals surface area contributed by atoms with Gasteiger partial charge in [-0.25, -0.2) is 4.79 Å². The van der Waals surface area contributed by atoms with Gasteiger partial charge in [0.15, 0.2) is 0 Å². The van der Waals surface area contributed by atoms with Gasteiger partial charge in [0, 0.05) is 6.61 Å². The van der Waals surface area contributed by atoms with Crippen molar-refractivity contribution in [2.45, 2.75) is 38.5 Å². The van der Waals surface area contributed by atoms with E-state index in [0.29, 0.717) is 38.4 Å². The summed E-state index contributed by atoms with van der Waals surface area (Å²) in [5.41, 5.74) is 0.168. The Kier molecular flexibility index (Phi) is 12.0. The van der Waals surface area contributed by atoms with Crippen LogP contribution in [0.1, 0.15) is 32.8 Å². The molecule has 1 aromatic carbocycles. The molecule has 0 heterocycles. The van der Waals surface area contributed by atoms with Crippen LogP contribution in [0, 0.1) is 0 Å². The molecule has 8 nitrogen and oxygen atoms in total.